The molecule has 0 spiro atoms. The zero-order chi connectivity index (χ0) is 23.6. The number of hydrogen-bond donors (Lipinski definition) is 1. The topological polar surface area (TPSA) is 91.0 Å². The maximum atomic E-state index is 12.0. The standard InChI is InChI=1S/C27H37N5O/c1-4-5-6-11-24-19(2)30-18-31-26(24)25-17-21(13-15-29-27(25)32-20(3)33)16-23(12-14-28)22-9-7-8-10-22/h6,11,17-18,21-23H,4-5,7-10,12-13,15-16H2,1-3H3,(H,29,32,33)/b11-6-. The van der Waals surface area contributed by atoms with E-state index < -0.39 is 0 Å². The van der Waals surface area contributed by atoms with Crippen molar-refractivity contribution in [3.63, 3.8) is 0 Å². The first-order valence-electron chi connectivity index (χ1n) is 12.4. The lowest BCUT2D eigenvalue weighted by atomic mass is 9.80. The third kappa shape index (κ3) is 6.83. The Morgan fingerprint density at radius 1 is 1.30 bits per heavy atom. The Bertz CT molecular complexity index is 950. The zero-order valence-corrected chi connectivity index (χ0v) is 20.3. The van der Waals surface area contributed by atoms with E-state index in [1.165, 1.54) is 32.6 Å². The van der Waals surface area contributed by atoms with Gasteiger partial charge in [0.25, 0.3) is 0 Å². The molecule has 2 atom stereocenters. The summed E-state index contributed by atoms with van der Waals surface area (Å²) in [6.07, 6.45) is 17.7. The van der Waals surface area contributed by atoms with Crippen molar-refractivity contribution in [2.75, 3.05) is 6.54 Å². The summed E-state index contributed by atoms with van der Waals surface area (Å²) in [6, 6.07) is 2.44. The fraction of sp³-hybridized carbons (Fsp3) is 0.593. The highest BCUT2D eigenvalue weighted by atomic mass is 16.1. The van der Waals surface area contributed by atoms with E-state index in [0.717, 1.165) is 48.2 Å². The highest BCUT2D eigenvalue weighted by molar-refractivity contribution is 6.26. The number of amides is 1. The monoisotopic (exact) mass is 447 g/mol. The molecule has 1 N–H and O–H groups in total. The van der Waals surface area contributed by atoms with E-state index in [0.29, 0.717) is 30.6 Å². The van der Waals surface area contributed by atoms with Crippen LogP contribution in [0.2, 0.25) is 0 Å². The minimum absolute atomic E-state index is 0.139. The van der Waals surface area contributed by atoms with Gasteiger partial charge in [-0.3, -0.25) is 9.79 Å². The maximum Gasteiger partial charge on any atom is 0.222 e. The quantitative estimate of drug-likeness (QED) is 0.558. The van der Waals surface area contributed by atoms with Crippen LogP contribution >= 0.6 is 0 Å². The SMILES string of the molecule is CCC/C=C\c1c(C)ncnc1C1=CC(CC(CC#N)C2CCCC2)CCN=C1NC(C)=O. The molecule has 0 bridgehead atoms. The molecule has 0 aromatic carbocycles. The molecule has 1 aliphatic heterocycles. The Hall–Kier alpha value is -2.81. The Morgan fingerprint density at radius 2 is 2.09 bits per heavy atom. The third-order valence-electron chi connectivity index (χ3n) is 6.83. The number of rotatable bonds is 8. The molecule has 176 valence electrons. The first-order chi connectivity index (χ1) is 16.0. The number of carbonyl (C=O) groups is 1. The minimum atomic E-state index is -0.139. The van der Waals surface area contributed by atoms with Crippen LogP contribution in [0.15, 0.2) is 23.5 Å². The lowest BCUT2D eigenvalue weighted by Gasteiger charge is -2.24. The highest BCUT2D eigenvalue weighted by Gasteiger charge is 2.29. The van der Waals surface area contributed by atoms with Crippen LogP contribution in [0, 0.1) is 36.0 Å². The van der Waals surface area contributed by atoms with Crippen LogP contribution in [0.4, 0.5) is 0 Å². The van der Waals surface area contributed by atoms with Gasteiger partial charge in [0.05, 0.1) is 11.8 Å². The maximum absolute atomic E-state index is 12.0. The van der Waals surface area contributed by atoms with Crippen molar-refractivity contribution in [2.45, 2.75) is 78.6 Å². The van der Waals surface area contributed by atoms with Gasteiger partial charge in [0, 0.05) is 36.7 Å². The Morgan fingerprint density at radius 3 is 2.79 bits per heavy atom. The van der Waals surface area contributed by atoms with Gasteiger partial charge in [0.2, 0.25) is 5.91 Å². The summed E-state index contributed by atoms with van der Waals surface area (Å²) in [5.74, 6) is 1.80. The second-order valence-electron chi connectivity index (χ2n) is 9.36. The first kappa shape index (κ1) is 24.8. The number of aryl methyl sites for hydroxylation is 1. The van der Waals surface area contributed by atoms with Crippen LogP contribution in [-0.2, 0) is 4.79 Å². The molecule has 0 radical (unpaired) electrons. The second-order valence-corrected chi connectivity index (χ2v) is 9.36. The van der Waals surface area contributed by atoms with Crippen molar-refractivity contribution in [3.8, 4) is 6.07 Å². The van der Waals surface area contributed by atoms with Crippen molar-refractivity contribution in [1.82, 2.24) is 15.3 Å². The number of hydrogen-bond acceptors (Lipinski definition) is 5. The molecule has 1 aromatic heterocycles. The molecule has 1 amide bonds. The number of nitriles is 1. The predicted octanol–water partition coefficient (Wildman–Crippen LogP) is 5.65. The molecule has 2 unspecified atom stereocenters. The van der Waals surface area contributed by atoms with Crippen molar-refractivity contribution >= 4 is 23.4 Å². The molecule has 1 aromatic rings. The number of aromatic nitrogens is 2. The molecule has 1 aliphatic carbocycles. The molecule has 1 fully saturated rings. The van der Waals surface area contributed by atoms with Crippen molar-refractivity contribution < 1.29 is 4.79 Å². The summed E-state index contributed by atoms with van der Waals surface area (Å²) in [6.45, 7) is 6.31. The minimum Gasteiger partial charge on any atom is -0.311 e. The lowest BCUT2D eigenvalue weighted by molar-refractivity contribution is -0.117. The van der Waals surface area contributed by atoms with Crippen LogP contribution in [-0.4, -0.2) is 28.3 Å². The van der Waals surface area contributed by atoms with E-state index in [9.17, 15) is 10.1 Å². The molecule has 33 heavy (non-hydrogen) atoms. The van der Waals surface area contributed by atoms with Crippen molar-refractivity contribution in [2.24, 2.45) is 22.7 Å². The van der Waals surface area contributed by atoms with Crippen LogP contribution in [0.3, 0.4) is 0 Å². The van der Waals surface area contributed by atoms with E-state index in [-0.39, 0.29) is 11.8 Å². The molecule has 3 rings (SSSR count). The number of unbranched alkanes of at least 4 members (excludes halogenated alkanes) is 1. The zero-order valence-electron chi connectivity index (χ0n) is 20.3. The van der Waals surface area contributed by atoms with Gasteiger partial charge in [-0.1, -0.05) is 57.3 Å². The van der Waals surface area contributed by atoms with Gasteiger partial charge in [-0.25, -0.2) is 9.97 Å². The van der Waals surface area contributed by atoms with E-state index in [4.69, 9.17) is 4.99 Å². The average molecular weight is 448 g/mol. The van der Waals surface area contributed by atoms with Gasteiger partial charge < -0.3 is 5.32 Å². The summed E-state index contributed by atoms with van der Waals surface area (Å²) in [4.78, 5) is 25.8. The average Bonchev–Trinajstić information content (AvgIpc) is 3.25. The molecule has 0 saturated heterocycles. The van der Waals surface area contributed by atoms with Crippen molar-refractivity contribution in [1.29, 1.82) is 5.26 Å². The largest absolute Gasteiger partial charge is 0.311 e. The number of aliphatic imine (C=N–C) groups is 1. The Kier molecular flexibility index (Phi) is 9.35. The smallest absolute Gasteiger partial charge is 0.222 e. The summed E-state index contributed by atoms with van der Waals surface area (Å²) in [5, 5.41) is 12.4. The van der Waals surface area contributed by atoms with Gasteiger partial charge in [0.1, 0.15) is 12.2 Å². The van der Waals surface area contributed by atoms with Crippen LogP contribution in [0.25, 0.3) is 11.6 Å². The van der Waals surface area contributed by atoms with E-state index in [2.05, 4.69) is 46.5 Å². The van der Waals surface area contributed by atoms with E-state index in [1.807, 2.05) is 6.92 Å². The van der Waals surface area contributed by atoms with E-state index in [1.54, 1.807) is 6.33 Å². The number of amidine groups is 1. The normalized spacial score (nSPS) is 20.1. The number of nitrogens with zero attached hydrogens (tertiary/aromatic N) is 4. The van der Waals surface area contributed by atoms with Crippen LogP contribution in [0.1, 0.15) is 88.6 Å². The van der Waals surface area contributed by atoms with Gasteiger partial charge in [-0.05, 0) is 43.9 Å². The lowest BCUT2D eigenvalue weighted by Crippen LogP contribution is -2.30. The van der Waals surface area contributed by atoms with Gasteiger partial charge in [0.15, 0.2) is 0 Å². The molecule has 6 nitrogen and oxygen atoms in total. The number of nitrogens with one attached hydrogen (secondary N) is 1. The Balaban J connectivity index is 2.00. The third-order valence-corrected chi connectivity index (χ3v) is 6.83. The molecule has 1 saturated carbocycles. The fourth-order valence-electron chi connectivity index (χ4n) is 5.12. The van der Waals surface area contributed by atoms with Crippen LogP contribution < -0.4 is 5.32 Å². The summed E-state index contributed by atoms with van der Waals surface area (Å²) in [5.41, 5.74) is 3.56. The van der Waals surface area contributed by atoms with Gasteiger partial charge >= 0.3 is 0 Å². The highest BCUT2D eigenvalue weighted by Crippen LogP contribution is 2.38. The van der Waals surface area contributed by atoms with Crippen molar-refractivity contribution in [3.05, 3.63) is 35.4 Å². The predicted molar refractivity (Wildman–Crippen MR) is 133 cm³/mol. The first-order valence-corrected chi connectivity index (χ1v) is 12.4. The summed E-state index contributed by atoms with van der Waals surface area (Å²) in [7, 11) is 0. The molecular formula is C27H37N5O. The van der Waals surface area contributed by atoms with E-state index >= 15 is 0 Å². The number of carbonyl (C=O) groups excluding carboxylic acids is 1. The summed E-state index contributed by atoms with van der Waals surface area (Å²) < 4.78 is 0. The Labute approximate surface area is 198 Å². The molecule has 6 heteroatoms. The molecular weight excluding hydrogens is 410 g/mol. The summed E-state index contributed by atoms with van der Waals surface area (Å²) >= 11 is 0. The number of allylic oxidation sites excluding steroid dienone is 2. The fourth-order valence-corrected chi connectivity index (χ4v) is 5.12. The van der Waals surface area contributed by atoms with Crippen LogP contribution in [0.5, 0.6) is 0 Å². The second kappa shape index (κ2) is 12.4. The van der Waals surface area contributed by atoms with Gasteiger partial charge in [-0.2, -0.15) is 5.26 Å². The molecule has 2 aliphatic rings. The molecule has 2 heterocycles. The van der Waals surface area contributed by atoms with Gasteiger partial charge in [-0.15, -0.1) is 0 Å².